The standard InChI is InChI=1S/C28H29N5O5/c1-37-17-20-7-5-13-32(20)28-30-21-9-8-19(14-24(21)38-28)33-22(18-6-4-10-29-16-18)15-23(34)25(27(35)36)26(33)31-11-2-3-12-31/h4,6,8-10,14-16,20H,2-3,5,7,11-13,17H2,1H3,(H,35,36)/t20-/m1/s1. The van der Waals surface area contributed by atoms with E-state index in [9.17, 15) is 14.7 Å². The van der Waals surface area contributed by atoms with Gasteiger partial charge in [0.25, 0.3) is 6.01 Å². The monoisotopic (exact) mass is 515 g/mol. The molecule has 196 valence electrons. The molecule has 2 aliphatic rings. The van der Waals surface area contributed by atoms with Crippen LogP contribution >= 0.6 is 0 Å². The third kappa shape index (κ3) is 4.20. The van der Waals surface area contributed by atoms with Crippen molar-refractivity contribution in [1.82, 2.24) is 14.5 Å². The van der Waals surface area contributed by atoms with Gasteiger partial charge in [0.1, 0.15) is 16.9 Å². The summed E-state index contributed by atoms with van der Waals surface area (Å²) in [6, 6.07) is 11.4. The van der Waals surface area contributed by atoms with Gasteiger partial charge in [0.2, 0.25) is 0 Å². The summed E-state index contributed by atoms with van der Waals surface area (Å²) in [5.74, 6) is -0.871. The Morgan fingerprint density at radius 2 is 2.00 bits per heavy atom. The molecule has 2 fully saturated rings. The predicted octanol–water partition coefficient (Wildman–Crippen LogP) is 3.95. The van der Waals surface area contributed by atoms with Gasteiger partial charge in [0, 0.05) is 56.8 Å². The number of pyridine rings is 2. The summed E-state index contributed by atoms with van der Waals surface area (Å²) in [6.07, 6.45) is 7.24. The molecule has 0 amide bonds. The zero-order valence-corrected chi connectivity index (χ0v) is 21.2. The van der Waals surface area contributed by atoms with Crippen LogP contribution in [0.1, 0.15) is 36.0 Å². The van der Waals surface area contributed by atoms with Crippen LogP contribution in [0.3, 0.4) is 0 Å². The van der Waals surface area contributed by atoms with Gasteiger partial charge in [-0.05, 0) is 49.9 Å². The fraction of sp³-hybridized carbons (Fsp3) is 0.357. The van der Waals surface area contributed by atoms with Crippen LogP contribution in [0.25, 0.3) is 28.0 Å². The van der Waals surface area contributed by atoms with Crippen LogP contribution in [-0.2, 0) is 4.74 Å². The molecule has 0 radical (unpaired) electrons. The third-order valence-corrected chi connectivity index (χ3v) is 7.37. The maximum absolute atomic E-state index is 13.2. The van der Waals surface area contributed by atoms with Gasteiger partial charge >= 0.3 is 5.97 Å². The van der Waals surface area contributed by atoms with Crippen molar-refractivity contribution in [2.45, 2.75) is 31.7 Å². The van der Waals surface area contributed by atoms with Gasteiger partial charge in [-0.1, -0.05) is 0 Å². The molecular formula is C28H29N5O5. The highest BCUT2D eigenvalue weighted by Crippen LogP contribution is 2.35. The second kappa shape index (κ2) is 9.94. The maximum atomic E-state index is 13.2. The summed E-state index contributed by atoms with van der Waals surface area (Å²) < 4.78 is 13.5. The fourth-order valence-corrected chi connectivity index (χ4v) is 5.63. The normalized spacial score (nSPS) is 17.6. The van der Waals surface area contributed by atoms with Crippen molar-refractivity contribution in [2.24, 2.45) is 0 Å². The van der Waals surface area contributed by atoms with Gasteiger partial charge in [0.05, 0.1) is 24.0 Å². The highest BCUT2D eigenvalue weighted by Gasteiger charge is 2.30. The number of nitrogens with zero attached hydrogens (tertiary/aromatic N) is 5. The molecule has 2 aliphatic heterocycles. The van der Waals surface area contributed by atoms with Gasteiger partial charge in [-0.3, -0.25) is 14.3 Å². The van der Waals surface area contributed by atoms with E-state index in [-0.39, 0.29) is 11.6 Å². The first-order valence-electron chi connectivity index (χ1n) is 12.9. The second-order valence-corrected chi connectivity index (χ2v) is 9.76. The van der Waals surface area contributed by atoms with Crippen LogP contribution in [-0.4, -0.2) is 65.0 Å². The number of carboxylic acids is 1. The summed E-state index contributed by atoms with van der Waals surface area (Å²) >= 11 is 0. The number of anilines is 2. The number of ether oxygens (including phenoxy) is 1. The largest absolute Gasteiger partial charge is 0.477 e. The average Bonchev–Trinajstić information content (AvgIpc) is 3.69. The van der Waals surface area contributed by atoms with Crippen molar-refractivity contribution in [1.29, 1.82) is 0 Å². The lowest BCUT2D eigenvalue weighted by Crippen LogP contribution is -2.32. The Morgan fingerprint density at radius 3 is 2.74 bits per heavy atom. The third-order valence-electron chi connectivity index (χ3n) is 7.37. The molecular weight excluding hydrogens is 486 g/mol. The zero-order valence-electron chi connectivity index (χ0n) is 21.2. The lowest BCUT2D eigenvalue weighted by Gasteiger charge is -2.27. The van der Waals surface area contributed by atoms with E-state index in [1.54, 1.807) is 25.6 Å². The van der Waals surface area contributed by atoms with E-state index < -0.39 is 11.4 Å². The summed E-state index contributed by atoms with van der Waals surface area (Å²) in [5.41, 5.74) is 2.47. The number of aromatic carboxylic acids is 1. The van der Waals surface area contributed by atoms with Gasteiger partial charge in [0.15, 0.2) is 11.0 Å². The Labute approximate surface area is 219 Å². The number of rotatable bonds is 7. The molecule has 0 unspecified atom stereocenters. The van der Waals surface area contributed by atoms with Crippen molar-refractivity contribution in [3.63, 3.8) is 0 Å². The number of carboxylic acid groups (broad SMARTS) is 1. The van der Waals surface area contributed by atoms with Gasteiger partial charge in [-0.15, -0.1) is 0 Å². The first-order valence-corrected chi connectivity index (χ1v) is 12.9. The molecule has 5 heterocycles. The molecule has 0 spiro atoms. The predicted molar refractivity (Wildman–Crippen MR) is 143 cm³/mol. The molecule has 1 N–H and O–H groups in total. The van der Waals surface area contributed by atoms with Gasteiger partial charge in [-0.2, -0.15) is 4.98 Å². The first kappa shape index (κ1) is 24.2. The number of oxazole rings is 1. The number of benzene rings is 1. The summed E-state index contributed by atoms with van der Waals surface area (Å²) in [6.45, 7) is 2.79. The van der Waals surface area contributed by atoms with E-state index in [0.29, 0.717) is 59.6 Å². The van der Waals surface area contributed by atoms with E-state index >= 15 is 0 Å². The molecule has 1 atom stereocenters. The van der Waals surface area contributed by atoms with E-state index in [1.807, 2.05) is 33.7 Å². The van der Waals surface area contributed by atoms with Crippen molar-refractivity contribution < 1.29 is 19.1 Å². The molecule has 2 saturated heterocycles. The van der Waals surface area contributed by atoms with Crippen LogP contribution < -0.4 is 15.2 Å². The zero-order chi connectivity index (χ0) is 26.2. The Hall–Kier alpha value is -4.18. The van der Waals surface area contributed by atoms with Crippen LogP contribution in [0.15, 0.2) is 58.0 Å². The topological polar surface area (TPSA) is 114 Å². The van der Waals surface area contributed by atoms with E-state index in [0.717, 1.165) is 32.2 Å². The minimum atomic E-state index is -1.25. The minimum absolute atomic E-state index is 0.212. The molecule has 10 nitrogen and oxygen atoms in total. The smallest absolute Gasteiger partial charge is 0.343 e. The van der Waals surface area contributed by atoms with E-state index in [2.05, 4.69) is 9.88 Å². The summed E-state index contributed by atoms with van der Waals surface area (Å²) in [4.78, 5) is 38.7. The highest BCUT2D eigenvalue weighted by atomic mass is 16.5. The SMILES string of the molecule is COC[C@H]1CCCN1c1nc2ccc(-n3c(-c4cccnc4)cc(=O)c(C(=O)O)c3N3CCCC3)cc2o1. The molecule has 0 aliphatic carbocycles. The van der Waals surface area contributed by atoms with Crippen molar-refractivity contribution in [3.05, 3.63) is 64.6 Å². The highest BCUT2D eigenvalue weighted by molar-refractivity contribution is 5.95. The number of carbonyl (C=O) groups is 1. The maximum Gasteiger partial charge on any atom is 0.343 e. The molecule has 4 aromatic rings. The van der Waals surface area contributed by atoms with Crippen LogP contribution in [0.4, 0.5) is 11.8 Å². The van der Waals surface area contributed by atoms with Crippen LogP contribution in [0.5, 0.6) is 0 Å². The van der Waals surface area contributed by atoms with Crippen LogP contribution in [0.2, 0.25) is 0 Å². The molecule has 1 aromatic carbocycles. The minimum Gasteiger partial charge on any atom is -0.477 e. The molecule has 10 heteroatoms. The Bertz CT molecular complexity index is 1540. The number of hydrogen-bond donors (Lipinski definition) is 1. The lowest BCUT2D eigenvalue weighted by molar-refractivity contribution is 0.0695. The number of fused-ring (bicyclic) bond motifs is 1. The molecule has 3 aromatic heterocycles. The fourth-order valence-electron chi connectivity index (χ4n) is 5.63. The lowest BCUT2D eigenvalue weighted by atomic mass is 10.1. The Morgan fingerprint density at radius 1 is 1.16 bits per heavy atom. The van der Waals surface area contributed by atoms with Crippen molar-refractivity contribution in [2.75, 3.05) is 43.2 Å². The van der Waals surface area contributed by atoms with Crippen LogP contribution in [0, 0.1) is 0 Å². The van der Waals surface area contributed by atoms with Gasteiger partial charge < -0.3 is 24.1 Å². The molecule has 6 rings (SSSR count). The van der Waals surface area contributed by atoms with E-state index in [1.165, 1.54) is 6.07 Å². The first-order chi connectivity index (χ1) is 18.5. The number of hydrogen-bond acceptors (Lipinski definition) is 8. The Kier molecular flexibility index (Phi) is 6.32. The Balaban J connectivity index is 1.56. The van der Waals surface area contributed by atoms with Gasteiger partial charge in [-0.25, -0.2) is 4.79 Å². The second-order valence-electron chi connectivity index (χ2n) is 9.76. The van der Waals surface area contributed by atoms with Crippen molar-refractivity contribution >= 4 is 28.9 Å². The number of aromatic nitrogens is 3. The molecule has 38 heavy (non-hydrogen) atoms. The summed E-state index contributed by atoms with van der Waals surface area (Å²) in [5, 5.41) is 10.1. The molecule has 0 bridgehead atoms. The summed E-state index contributed by atoms with van der Waals surface area (Å²) in [7, 11) is 1.70. The van der Waals surface area contributed by atoms with E-state index in [4.69, 9.17) is 14.1 Å². The average molecular weight is 516 g/mol. The molecule has 0 saturated carbocycles. The number of methoxy groups -OCH3 is 1. The quantitative estimate of drug-likeness (QED) is 0.391. The van der Waals surface area contributed by atoms with Crippen molar-refractivity contribution in [3.8, 4) is 16.9 Å².